The molecule has 1 fully saturated rings. The van der Waals surface area contributed by atoms with Crippen LogP contribution in [0.4, 0.5) is 20.7 Å². The lowest BCUT2D eigenvalue weighted by atomic mass is 10.1. The molecule has 0 bridgehead atoms. The van der Waals surface area contributed by atoms with E-state index in [0.717, 1.165) is 65.7 Å². The number of halogens is 2. The molecule has 3 aromatic heterocycles. The van der Waals surface area contributed by atoms with Crippen molar-refractivity contribution in [2.45, 2.75) is 84.2 Å². The molecule has 1 aromatic carbocycles. The average molecular weight is 732 g/mol. The number of nitrogen functional groups attached to an aromatic ring is 1. The summed E-state index contributed by atoms with van der Waals surface area (Å²) in [4.78, 5) is 25.9. The van der Waals surface area contributed by atoms with E-state index in [2.05, 4.69) is 51.8 Å². The Kier molecular flexibility index (Phi) is 12.4. The molecule has 1 aliphatic carbocycles. The minimum absolute atomic E-state index is 0.271. The van der Waals surface area contributed by atoms with Gasteiger partial charge in [0.1, 0.15) is 33.8 Å². The monoisotopic (exact) mass is 730 g/mol. The first-order valence-corrected chi connectivity index (χ1v) is 17.0. The van der Waals surface area contributed by atoms with Crippen molar-refractivity contribution in [3.05, 3.63) is 65.0 Å². The Morgan fingerprint density at radius 3 is 2.46 bits per heavy atom. The second-order valence-electron chi connectivity index (χ2n) is 13.8. The molecular weight excluding hydrogens is 683 g/mol. The van der Waals surface area contributed by atoms with Crippen LogP contribution >= 0.6 is 15.9 Å². The summed E-state index contributed by atoms with van der Waals surface area (Å²) in [6.45, 7) is 10.8. The van der Waals surface area contributed by atoms with Crippen LogP contribution in [0.3, 0.4) is 0 Å². The molecule has 0 unspecified atom stereocenters. The van der Waals surface area contributed by atoms with Gasteiger partial charge < -0.3 is 35.1 Å². The van der Waals surface area contributed by atoms with Crippen LogP contribution in [0.2, 0.25) is 0 Å². The van der Waals surface area contributed by atoms with Crippen LogP contribution in [0.5, 0.6) is 0 Å². The smallest absolute Gasteiger partial charge is 0.410 e. The number of nitrogens with two attached hydrogens (primary N) is 1. The molecule has 1 saturated carbocycles. The van der Waals surface area contributed by atoms with Gasteiger partial charge in [-0.3, -0.25) is 5.10 Å². The van der Waals surface area contributed by atoms with E-state index in [9.17, 15) is 9.18 Å². The fourth-order valence-corrected chi connectivity index (χ4v) is 6.30. The summed E-state index contributed by atoms with van der Waals surface area (Å²) in [6, 6.07) is 8.76. The predicted octanol–water partition coefficient (Wildman–Crippen LogP) is 6.06. The number of benzene rings is 1. The number of ether oxygens (including phenoxy) is 1. The molecule has 0 saturated heterocycles. The maximum atomic E-state index is 13.4. The van der Waals surface area contributed by atoms with E-state index in [4.69, 9.17) is 20.7 Å². The highest BCUT2D eigenvalue weighted by atomic mass is 79.9. The lowest BCUT2D eigenvalue weighted by Gasteiger charge is -2.30. The first-order valence-electron chi connectivity index (χ1n) is 16.3. The van der Waals surface area contributed by atoms with Crippen molar-refractivity contribution in [2.24, 2.45) is 5.92 Å². The van der Waals surface area contributed by atoms with Crippen molar-refractivity contribution in [1.29, 1.82) is 0 Å². The predicted molar refractivity (Wildman–Crippen MR) is 188 cm³/mol. The zero-order valence-corrected chi connectivity index (χ0v) is 30.0. The van der Waals surface area contributed by atoms with Crippen molar-refractivity contribution < 1.29 is 24.1 Å². The number of carbonyl (C=O) groups is 1. The number of carbonyl (C=O) groups excluding carboxylic acids is 1. The second-order valence-corrected chi connectivity index (χ2v) is 14.6. The minimum atomic E-state index is -1.50. The standard InChI is InChI=1S/C31H40BrFN8O2.C3H8O2/c1-31(2,3)43-30(42)39(15-11-21-5-8-23(33)9-6-21)13-4-14-40(26-18-37-38-27(26)32)19-22-7-10-24(17-22)41-16-12-25-28(34)35-20-36-29(25)41;1-3(2,4)5/h5-6,8-9,12,16,18,20,22,24H,4,7,10-11,13-15,17,19H2,1-3H3,(H,37,38)(H2,34,35,36);4-5H,1-2H3/t22-,24+;/m1./s1. The number of aromatic nitrogens is 5. The van der Waals surface area contributed by atoms with E-state index in [-0.39, 0.29) is 11.9 Å². The van der Waals surface area contributed by atoms with Crippen molar-refractivity contribution in [3.8, 4) is 0 Å². The highest BCUT2D eigenvalue weighted by Gasteiger charge is 2.30. The van der Waals surface area contributed by atoms with E-state index in [1.807, 2.05) is 33.0 Å². The maximum Gasteiger partial charge on any atom is 0.410 e. The summed E-state index contributed by atoms with van der Waals surface area (Å²) in [7, 11) is 0. The van der Waals surface area contributed by atoms with Gasteiger partial charge >= 0.3 is 6.09 Å². The fourth-order valence-electron chi connectivity index (χ4n) is 5.85. The number of hydrogen-bond acceptors (Lipinski definition) is 9. The first kappa shape index (κ1) is 37.1. The number of fused-ring (bicyclic) bond motifs is 1. The molecule has 5 N–H and O–H groups in total. The van der Waals surface area contributed by atoms with Crippen molar-refractivity contribution in [2.75, 3.05) is 36.8 Å². The van der Waals surface area contributed by atoms with Crippen LogP contribution in [0, 0.1) is 11.7 Å². The molecule has 48 heavy (non-hydrogen) atoms. The molecule has 4 aromatic rings. The average Bonchev–Trinajstić information content (AvgIpc) is 3.73. The lowest BCUT2D eigenvalue weighted by molar-refractivity contribution is -0.127. The van der Waals surface area contributed by atoms with Crippen LogP contribution in [0.15, 0.2) is 53.7 Å². The van der Waals surface area contributed by atoms with Crippen LogP contribution < -0.4 is 10.6 Å². The Hall–Kier alpha value is -3.75. The van der Waals surface area contributed by atoms with Crippen LogP contribution in [0.1, 0.15) is 71.9 Å². The lowest BCUT2D eigenvalue weighted by Crippen LogP contribution is -2.40. The van der Waals surface area contributed by atoms with Crippen LogP contribution in [-0.2, 0) is 11.2 Å². The van der Waals surface area contributed by atoms with Crippen LogP contribution in [0.25, 0.3) is 11.0 Å². The Morgan fingerprint density at radius 2 is 1.81 bits per heavy atom. The number of amides is 1. The number of nitrogens with zero attached hydrogens (tertiary/aromatic N) is 6. The third-order valence-corrected chi connectivity index (χ3v) is 8.52. The number of anilines is 2. The van der Waals surface area contributed by atoms with E-state index >= 15 is 0 Å². The number of hydrogen-bond donors (Lipinski definition) is 4. The van der Waals surface area contributed by atoms with Gasteiger partial charge in [-0.15, -0.1) is 0 Å². The summed E-state index contributed by atoms with van der Waals surface area (Å²) < 4.78 is 22.2. The van der Waals surface area contributed by atoms with Gasteiger partial charge in [-0.1, -0.05) is 12.1 Å². The van der Waals surface area contributed by atoms with Crippen molar-refractivity contribution in [1.82, 2.24) is 29.6 Å². The normalized spacial score (nSPS) is 16.4. The number of rotatable bonds is 11. The molecular formula is C34H48BrFN8O4. The van der Waals surface area contributed by atoms with Crippen LogP contribution in [-0.4, -0.2) is 83.5 Å². The molecule has 1 aliphatic rings. The molecule has 12 nitrogen and oxygen atoms in total. The molecule has 262 valence electrons. The summed E-state index contributed by atoms with van der Waals surface area (Å²) in [5.74, 6) is -0.788. The minimum Gasteiger partial charge on any atom is -0.444 e. The van der Waals surface area contributed by atoms with Gasteiger partial charge in [-0.25, -0.2) is 19.2 Å². The maximum absolute atomic E-state index is 13.4. The second kappa shape index (κ2) is 16.1. The fraction of sp³-hybridized carbons (Fsp3) is 0.529. The van der Waals surface area contributed by atoms with Gasteiger partial charge in [0.05, 0.1) is 17.3 Å². The molecule has 2 atom stereocenters. The first-order chi connectivity index (χ1) is 22.6. The van der Waals surface area contributed by atoms with Gasteiger partial charge in [0.2, 0.25) is 0 Å². The number of aromatic amines is 1. The van der Waals surface area contributed by atoms with Gasteiger partial charge in [-0.05, 0) is 112 Å². The Bertz CT molecular complexity index is 1610. The van der Waals surface area contributed by atoms with Gasteiger partial charge in [0.15, 0.2) is 5.79 Å². The van der Waals surface area contributed by atoms with Gasteiger partial charge in [0.25, 0.3) is 0 Å². The summed E-state index contributed by atoms with van der Waals surface area (Å²) in [5, 5.41) is 24.3. The Labute approximate surface area is 289 Å². The van der Waals surface area contributed by atoms with E-state index in [1.165, 1.54) is 32.3 Å². The SMILES string of the molecule is CC(C)(C)OC(=O)N(CCCN(C[C@@H]1CC[C@H](n2ccc3c(N)ncnc32)C1)c1cn[nH]c1Br)CCc1ccc(F)cc1.CC(C)(O)O. The number of nitrogens with one attached hydrogen (secondary N) is 1. The molecule has 0 spiro atoms. The third-order valence-electron chi connectivity index (χ3n) is 7.93. The van der Waals surface area contributed by atoms with E-state index in [0.29, 0.717) is 37.3 Å². The molecule has 0 radical (unpaired) electrons. The summed E-state index contributed by atoms with van der Waals surface area (Å²) >= 11 is 3.63. The largest absolute Gasteiger partial charge is 0.444 e. The zero-order chi connectivity index (χ0) is 35.1. The quantitative estimate of drug-likeness (QED) is 0.135. The van der Waals surface area contributed by atoms with Crippen molar-refractivity contribution >= 4 is 44.6 Å². The highest BCUT2D eigenvalue weighted by molar-refractivity contribution is 9.10. The molecule has 0 aliphatic heterocycles. The summed E-state index contributed by atoms with van der Waals surface area (Å²) in [5.41, 5.74) is 8.33. The Morgan fingerprint density at radius 1 is 1.10 bits per heavy atom. The third kappa shape index (κ3) is 11.2. The molecule has 5 rings (SSSR count). The molecule has 3 heterocycles. The molecule has 1 amide bonds. The van der Waals surface area contributed by atoms with Gasteiger partial charge in [0, 0.05) is 38.4 Å². The summed E-state index contributed by atoms with van der Waals surface area (Å²) in [6.07, 6.45) is 9.65. The topological polar surface area (TPSA) is 159 Å². The number of H-pyrrole nitrogens is 1. The zero-order valence-electron chi connectivity index (χ0n) is 28.4. The van der Waals surface area contributed by atoms with Gasteiger partial charge in [-0.2, -0.15) is 5.10 Å². The van der Waals surface area contributed by atoms with E-state index in [1.54, 1.807) is 17.0 Å². The molecule has 14 heteroatoms. The Balaban J connectivity index is 0.000000968. The van der Waals surface area contributed by atoms with Crippen molar-refractivity contribution in [3.63, 3.8) is 0 Å². The number of aliphatic hydroxyl groups is 2. The van der Waals surface area contributed by atoms with E-state index < -0.39 is 11.4 Å². The highest BCUT2D eigenvalue weighted by Crippen LogP contribution is 2.38.